The zero-order valence-corrected chi connectivity index (χ0v) is 12.8. The molecule has 2 heterocycles. The lowest BCUT2D eigenvalue weighted by atomic mass is 9.77. The molecular formula is C15H23NO2S. The van der Waals surface area contributed by atoms with Crippen molar-refractivity contribution in [3.8, 4) is 0 Å². The standard InChI is InChI=1S/C15H23NO2S/c1-14(2)8-10-12(11(17)9-14)19-13(16-10)15(3)6-4-5-7-18-15/h11,17H,4-9H2,1-3H3. The van der Waals surface area contributed by atoms with Gasteiger partial charge in [-0.05, 0) is 44.4 Å². The molecule has 1 aromatic heterocycles. The average Bonchev–Trinajstić information content (AvgIpc) is 2.73. The Balaban J connectivity index is 1.94. The first-order chi connectivity index (χ1) is 8.90. The largest absolute Gasteiger partial charge is 0.387 e. The van der Waals surface area contributed by atoms with Gasteiger partial charge in [0.15, 0.2) is 0 Å². The Morgan fingerprint density at radius 3 is 2.79 bits per heavy atom. The van der Waals surface area contributed by atoms with Gasteiger partial charge in [0.25, 0.3) is 0 Å². The van der Waals surface area contributed by atoms with Crippen LogP contribution < -0.4 is 0 Å². The van der Waals surface area contributed by atoms with E-state index in [1.165, 1.54) is 6.42 Å². The van der Waals surface area contributed by atoms with Crippen LogP contribution in [0.25, 0.3) is 0 Å². The highest BCUT2D eigenvalue weighted by Crippen LogP contribution is 2.46. The number of hydrogen-bond acceptors (Lipinski definition) is 4. The van der Waals surface area contributed by atoms with Crippen molar-refractivity contribution in [1.29, 1.82) is 0 Å². The van der Waals surface area contributed by atoms with Crippen molar-refractivity contribution in [2.24, 2.45) is 5.41 Å². The van der Waals surface area contributed by atoms with E-state index in [4.69, 9.17) is 9.72 Å². The Morgan fingerprint density at radius 1 is 1.32 bits per heavy atom. The molecule has 3 rings (SSSR count). The molecule has 2 aliphatic rings. The Bertz CT molecular complexity index is 474. The zero-order valence-electron chi connectivity index (χ0n) is 12.0. The van der Waals surface area contributed by atoms with Crippen LogP contribution in [0.4, 0.5) is 0 Å². The summed E-state index contributed by atoms with van der Waals surface area (Å²) < 4.78 is 5.98. The monoisotopic (exact) mass is 281 g/mol. The van der Waals surface area contributed by atoms with E-state index >= 15 is 0 Å². The molecule has 1 saturated heterocycles. The van der Waals surface area contributed by atoms with E-state index in [9.17, 15) is 5.11 Å². The first kappa shape index (κ1) is 13.5. The first-order valence-electron chi connectivity index (χ1n) is 7.22. The second-order valence-corrected chi connectivity index (χ2v) is 7.96. The van der Waals surface area contributed by atoms with Gasteiger partial charge in [-0.1, -0.05) is 13.8 Å². The third-order valence-corrected chi connectivity index (χ3v) is 5.79. The molecular weight excluding hydrogens is 258 g/mol. The average molecular weight is 281 g/mol. The molecule has 0 saturated carbocycles. The number of aromatic nitrogens is 1. The van der Waals surface area contributed by atoms with Crippen LogP contribution in [0, 0.1) is 5.41 Å². The van der Waals surface area contributed by atoms with Gasteiger partial charge in [0.05, 0.1) is 16.7 Å². The highest BCUT2D eigenvalue weighted by Gasteiger charge is 2.39. The lowest BCUT2D eigenvalue weighted by Crippen LogP contribution is -2.30. The van der Waals surface area contributed by atoms with E-state index in [-0.39, 0.29) is 17.1 Å². The minimum atomic E-state index is -0.350. The molecule has 1 aliphatic heterocycles. The van der Waals surface area contributed by atoms with Crippen LogP contribution in [0.15, 0.2) is 0 Å². The summed E-state index contributed by atoms with van der Waals surface area (Å²) in [5.74, 6) is 0. The van der Waals surface area contributed by atoms with Crippen molar-refractivity contribution in [2.45, 2.75) is 64.6 Å². The predicted molar refractivity (Wildman–Crippen MR) is 76.3 cm³/mol. The van der Waals surface area contributed by atoms with Crippen molar-refractivity contribution in [2.75, 3.05) is 6.61 Å². The van der Waals surface area contributed by atoms with Crippen molar-refractivity contribution in [3.63, 3.8) is 0 Å². The molecule has 0 bridgehead atoms. The van der Waals surface area contributed by atoms with Gasteiger partial charge in [-0.2, -0.15) is 0 Å². The van der Waals surface area contributed by atoms with E-state index in [0.29, 0.717) is 0 Å². The van der Waals surface area contributed by atoms with Crippen LogP contribution in [0.2, 0.25) is 0 Å². The lowest BCUT2D eigenvalue weighted by molar-refractivity contribution is -0.0703. The molecule has 2 unspecified atom stereocenters. The maximum absolute atomic E-state index is 10.3. The zero-order chi connectivity index (χ0) is 13.7. The maximum Gasteiger partial charge on any atom is 0.125 e. The quantitative estimate of drug-likeness (QED) is 0.855. The van der Waals surface area contributed by atoms with Crippen LogP contribution >= 0.6 is 11.3 Å². The van der Waals surface area contributed by atoms with Crippen LogP contribution in [0.5, 0.6) is 0 Å². The summed E-state index contributed by atoms with van der Waals surface area (Å²) >= 11 is 1.66. The van der Waals surface area contributed by atoms with Crippen molar-refractivity contribution < 1.29 is 9.84 Å². The van der Waals surface area contributed by atoms with Gasteiger partial charge in [-0.15, -0.1) is 11.3 Å². The molecule has 1 aromatic rings. The normalized spacial score (nSPS) is 34.0. The van der Waals surface area contributed by atoms with Gasteiger partial charge in [-0.25, -0.2) is 4.98 Å². The number of ether oxygens (including phenoxy) is 1. The summed E-state index contributed by atoms with van der Waals surface area (Å²) in [6.45, 7) is 7.39. The van der Waals surface area contributed by atoms with Crippen LogP contribution in [-0.4, -0.2) is 16.7 Å². The number of aliphatic hydroxyl groups excluding tert-OH is 1. The molecule has 19 heavy (non-hydrogen) atoms. The summed E-state index contributed by atoms with van der Waals surface area (Å²) in [5.41, 5.74) is 1.01. The molecule has 0 spiro atoms. The smallest absolute Gasteiger partial charge is 0.125 e. The second-order valence-electron chi connectivity index (χ2n) is 6.93. The van der Waals surface area contributed by atoms with Crippen molar-refractivity contribution >= 4 is 11.3 Å². The molecule has 1 fully saturated rings. The Kier molecular flexibility index (Phi) is 3.23. The summed E-state index contributed by atoms with van der Waals surface area (Å²) in [6.07, 6.45) is 4.84. The molecule has 4 heteroatoms. The van der Waals surface area contributed by atoms with E-state index < -0.39 is 0 Å². The Hall–Kier alpha value is -0.450. The highest BCUT2D eigenvalue weighted by molar-refractivity contribution is 7.12. The molecule has 3 nitrogen and oxygen atoms in total. The number of thiazole rings is 1. The van der Waals surface area contributed by atoms with Gasteiger partial charge in [0.1, 0.15) is 10.6 Å². The number of rotatable bonds is 1. The minimum Gasteiger partial charge on any atom is -0.387 e. The fourth-order valence-electron chi connectivity index (χ4n) is 3.22. The van der Waals surface area contributed by atoms with E-state index in [2.05, 4.69) is 20.8 Å². The van der Waals surface area contributed by atoms with E-state index in [1.807, 2.05) is 0 Å². The van der Waals surface area contributed by atoms with Gasteiger partial charge < -0.3 is 9.84 Å². The van der Waals surface area contributed by atoms with Gasteiger partial charge >= 0.3 is 0 Å². The predicted octanol–water partition coefficient (Wildman–Crippen LogP) is 3.56. The summed E-state index contributed by atoms with van der Waals surface area (Å²) in [5, 5.41) is 11.4. The molecule has 106 valence electrons. The molecule has 0 radical (unpaired) electrons. The van der Waals surface area contributed by atoms with Gasteiger partial charge in [0.2, 0.25) is 0 Å². The fraction of sp³-hybridized carbons (Fsp3) is 0.800. The SMILES string of the molecule is CC1(C)Cc2nc(C3(C)CCCCO3)sc2C(O)C1. The van der Waals surface area contributed by atoms with Crippen molar-refractivity contribution in [1.82, 2.24) is 4.98 Å². The number of nitrogens with zero attached hydrogens (tertiary/aromatic N) is 1. The Labute approximate surface area is 119 Å². The van der Waals surface area contributed by atoms with Crippen LogP contribution in [0.3, 0.4) is 0 Å². The third kappa shape index (κ3) is 2.46. The summed E-state index contributed by atoms with van der Waals surface area (Å²) in [6, 6.07) is 0. The number of aliphatic hydroxyl groups is 1. The van der Waals surface area contributed by atoms with E-state index in [0.717, 1.165) is 47.9 Å². The molecule has 1 aliphatic carbocycles. The summed E-state index contributed by atoms with van der Waals surface area (Å²) in [4.78, 5) is 5.90. The second kappa shape index (κ2) is 4.54. The molecule has 1 N–H and O–H groups in total. The third-order valence-electron chi connectivity index (χ3n) is 4.34. The number of hydrogen-bond donors (Lipinski definition) is 1. The lowest BCUT2D eigenvalue weighted by Gasteiger charge is -2.31. The number of fused-ring (bicyclic) bond motifs is 1. The first-order valence-corrected chi connectivity index (χ1v) is 8.03. The molecule has 2 atom stereocenters. The van der Waals surface area contributed by atoms with Crippen LogP contribution in [0.1, 0.15) is 68.1 Å². The summed E-state index contributed by atoms with van der Waals surface area (Å²) in [7, 11) is 0. The minimum absolute atomic E-state index is 0.145. The van der Waals surface area contributed by atoms with Gasteiger partial charge in [-0.3, -0.25) is 0 Å². The molecule has 0 amide bonds. The van der Waals surface area contributed by atoms with Crippen LogP contribution in [-0.2, 0) is 16.8 Å². The molecule has 0 aromatic carbocycles. The Morgan fingerprint density at radius 2 is 2.11 bits per heavy atom. The maximum atomic E-state index is 10.3. The van der Waals surface area contributed by atoms with Crippen molar-refractivity contribution in [3.05, 3.63) is 15.6 Å². The fourth-order valence-corrected chi connectivity index (χ4v) is 4.42. The highest BCUT2D eigenvalue weighted by atomic mass is 32.1. The van der Waals surface area contributed by atoms with E-state index in [1.54, 1.807) is 11.3 Å². The topological polar surface area (TPSA) is 42.4 Å². The van der Waals surface area contributed by atoms with Gasteiger partial charge in [0, 0.05) is 6.61 Å².